The van der Waals surface area contributed by atoms with E-state index >= 15 is 0 Å². The first kappa shape index (κ1) is 15.5. The second-order valence-electron chi connectivity index (χ2n) is 7.48. The molecule has 2 aliphatic heterocycles. The van der Waals surface area contributed by atoms with Gasteiger partial charge in [-0.2, -0.15) is 4.31 Å². The molecule has 2 atom stereocenters. The van der Waals surface area contributed by atoms with E-state index in [-0.39, 0.29) is 12.1 Å². The summed E-state index contributed by atoms with van der Waals surface area (Å²) in [6.07, 6.45) is 5.65. The highest BCUT2D eigenvalue weighted by molar-refractivity contribution is 7.89. The Morgan fingerprint density at radius 1 is 1.08 bits per heavy atom. The number of aromatic nitrogens is 3. The smallest absolute Gasteiger partial charge is 0.243 e. The van der Waals surface area contributed by atoms with Gasteiger partial charge in [0.2, 0.25) is 10.0 Å². The van der Waals surface area contributed by atoms with Gasteiger partial charge in [-0.05, 0) is 62.3 Å². The van der Waals surface area contributed by atoms with E-state index in [0.29, 0.717) is 17.9 Å². The van der Waals surface area contributed by atoms with Crippen LogP contribution in [0.15, 0.2) is 23.1 Å². The summed E-state index contributed by atoms with van der Waals surface area (Å²) in [5.74, 6) is 1.79. The zero-order valence-electron chi connectivity index (χ0n) is 14.4. The predicted octanol–water partition coefficient (Wildman–Crippen LogP) is 1.85. The van der Waals surface area contributed by atoms with Gasteiger partial charge in [-0.1, -0.05) is 6.07 Å². The molecule has 2 bridgehead atoms. The Morgan fingerprint density at radius 2 is 1.88 bits per heavy atom. The highest BCUT2D eigenvalue weighted by Crippen LogP contribution is 2.37. The van der Waals surface area contributed by atoms with Crippen molar-refractivity contribution in [2.24, 2.45) is 0 Å². The van der Waals surface area contributed by atoms with Crippen molar-refractivity contribution in [2.45, 2.75) is 69.0 Å². The number of aryl methyl sites for hydroxylation is 3. The molecule has 1 aromatic carbocycles. The maximum atomic E-state index is 13.4. The minimum atomic E-state index is -3.48. The van der Waals surface area contributed by atoms with Gasteiger partial charge in [-0.15, -0.1) is 10.2 Å². The lowest BCUT2D eigenvalue weighted by Crippen LogP contribution is -2.42. The number of nitrogens with zero attached hydrogens (tertiary/aromatic N) is 4. The first-order valence-electron chi connectivity index (χ1n) is 9.08. The van der Waals surface area contributed by atoms with Crippen LogP contribution >= 0.6 is 0 Å². The van der Waals surface area contributed by atoms with Gasteiger partial charge in [0.25, 0.3) is 0 Å². The fraction of sp³-hybridized carbons (Fsp3) is 0.556. The van der Waals surface area contributed by atoms with Crippen molar-refractivity contribution >= 4 is 10.0 Å². The van der Waals surface area contributed by atoms with Crippen LogP contribution in [-0.4, -0.2) is 39.6 Å². The van der Waals surface area contributed by atoms with Gasteiger partial charge in [-0.25, -0.2) is 8.42 Å². The summed E-state index contributed by atoms with van der Waals surface area (Å²) < 4.78 is 30.7. The van der Waals surface area contributed by atoms with E-state index in [9.17, 15) is 8.42 Å². The van der Waals surface area contributed by atoms with E-state index in [1.807, 2.05) is 19.1 Å². The van der Waals surface area contributed by atoms with Gasteiger partial charge in [0.15, 0.2) is 0 Å². The molecule has 1 fully saturated rings. The van der Waals surface area contributed by atoms with Crippen LogP contribution in [-0.2, 0) is 35.8 Å². The summed E-state index contributed by atoms with van der Waals surface area (Å²) >= 11 is 0. The Labute approximate surface area is 147 Å². The molecule has 1 saturated heterocycles. The second-order valence-corrected chi connectivity index (χ2v) is 9.33. The molecule has 0 spiro atoms. The normalized spacial score (nSPS) is 25.6. The maximum absolute atomic E-state index is 13.4. The number of benzene rings is 1. The van der Waals surface area contributed by atoms with E-state index in [4.69, 9.17) is 0 Å². The summed E-state index contributed by atoms with van der Waals surface area (Å²) in [5.41, 5.74) is 2.51. The van der Waals surface area contributed by atoms with Crippen LogP contribution in [0, 0.1) is 6.92 Å². The molecule has 0 amide bonds. The Kier molecular flexibility index (Phi) is 3.34. The van der Waals surface area contributed by atoms with Crippen LogP contribution in [0.3, 0.4) is 0 Å². The first-order valence-corrected chi connectivity index (χ1v) is 10.5. The Hall–Kier alpha value is -1.73. The fourth-order valence-electron chi connectivity index (χ4n) is 4.76. The van der Waals surface area contributed by atoms with Gasteiger partial charge >= 0.3 is 0 Å². The molecule has 6 nitrogen and oxygen atoms in total. The number of hydrogen-bond donors (Lipinski definition) is 0. The molecule has 1 aliphatic carbocycles. The molecule has 0 N–H and O–H groups in total. The lowest BCUT2D eigenvalue weighted by molar-refractivity contribution is 0.314. The summed E-state index contributed by atoms with van der Waals surface area (Å²) in [6.45, 7) is 2.60. The molecule has 25 heavy (non-hydrogen) atoms. The van der Waals surface area contributed by atoms with Crippen molar-refractivity contribution < 1.29 is 8.42 Å². The molecule has 5 rings (SSSR count). The molecule has 132 valence electrons. The number of rotatable bonds is 2. The highest BCUT2D eigenvalue weighted by Gasteiger charge is 2.45. The average Bonchev–Trinajstić information content (AvgIpc) is 3.25. The Balaban J connectivity index is 1.54. The van der Waals surface area contributed by atoms with Crippen molar-refractivity contribution in [3.8, 4) is 0 Å². The summed E-state index contributed by atoms with van der Waals surface area (Å²) in [4.78, 5) is 0.458. The van der Waals surface area contributed by atoms with Gasteiger partial charge in [-0.3, -0.25) is 0 Å². The third-order valence-corrected chi connectivity index (χ3v) is 8.02. The van der Waals surface area contributed by atoms with E-state index < -0.39 is 10.0 Å². The van der Waals surface area contributed by atoms with Crippen molar-refractivity contribution in [2.75, 3.05) is 0 Å². The average molecular weight is 358 g/mol. The topological polar surface area (TPSA) is 68.1 Å². The molecule has 1 aromatic heterocycles. The number of hydrogen-bond acceptors (Lipinski definition) is 4. The molecule has 3 aliphatic rings. The molecule has 3 heterocycles. The van der Waals surface area contributed by atoms with Crippen LogP contribution < -0.4 is 0 Å². The lowest BCUT2D eigenvalue weighted by Gasteiger charge is -2.27. The molecule has 7 heteroatoms. The minimum absolute atomic E-state index is 0.000736. The van der Waals surface area contributed by atoms with Gasteiger partial charge in [0.1, 0.15) is 11.6 Å². The van der Waals surface area contributed by atoms with Crippen molar-refractivity contribution in [3.63, 3.8) is 0 Å². The Bertz CT molecular complexity index is 950. The fourth-order valence-corrected chi connectivity index (χ4v) is 6.67. The summed E-state index contributed by atoms with van der Waals surface area (Å²) in [7, 11) is -3.48. The van der Waals surface area contributed by atoms with Crippen molar-refractivity contribution in [1.29, 1.82) is 0 Å². The second kappa shape index (κ2) is 5.38. The maximum Gasteiger partial charge on any atom is 0.243 e. The van der Waals surface area contributed by atoms with Crippen LogP contribution in [0.1, 0.15) is 42.0 Å². The standard InChI is InChI=1S/C18H22N4O2S/c1-12-19-20-18-10-15-6-7-16(11-21(12)18)22(15)25(23,24)17-8-5-13-3-2-4-14(13)9-17/h5,8-9,15-16H,2-4,6-7,10-11H2,1H3. The zero-order chi connectivity index (χ0) is 17.2. The van der Waals surface area contributed by atoms with E-state index in [1.165, 1.54) is 11.1 Å². The molecule has 2 unspecified atom stereocenters. The molecule has 2 aromatic rings. The van der Waals surface area contributed by atoms with Gasteiger partial charge < -0.3 is 4.57 Å². The van der Waals surface area contributed by atoms with Crippen LogP contribution in [0.4, 0.5) is 0 Å². The third-order valence-electron chi connectivity index (χ3n) is 6.02. The van der Waals surface area contributed by atoms with Gasteiger partial charge in [0, 0.05) is 25.0 Å². The summed E-state index contributed by atoms with van der Waals surface area (Å²) in [5, 5.41) is 8.43. The molecule has 0 radical (unpaired) electrons. The van der Waals surface area contributed by atoms with E-state index in [2.05, 4.69) is 14.8 Å². The lowest BCUT2D eigenvalue weighted by atomic mass is 10.1. The number of fused-ring (bicyclic) bond motifs is 4. The largest absolute Gasteiger partial charge is 0.314 e. The predicted molar refractivity (Wildman–Crippen MR) is 92.8 cm³/mol. The van der Waals surface area contributed by atoms with E-state index in [0.717, 1.165) is 43.8 Å². The van der Waals surface area contributed by atoms with Crippen LogP contribution in [0.5, 0.6) is 0 Å². The molecule has 0 saturated carbocycles. The third kappa shape index (κ3) is 2.29. The number of sulfonamides is 1. The SMILES string of the molecule is Cc1nnc2n1CC1CCC(C2)N1S(=O)(=O)c1ccc2c(c1)CCC2. The van der Waals surface area contributed by atoms with E-state index in [1.54, 1.807) is 10.4 Å². The summed E-state index contributed by atoms with van der Waals surface area (Å²) in [6, 6.07) is 5.71. The van der Waals surface area contributed by atoms with Gasteiger partial charge in [0.05, 0.1) is 4.90 Å². The first-order chi connectivity index (χ1) is 12.0. The highest BCUT2D eigenvalue weighted by atomic mass is 32.2. The zero-order valence-corrected chi connectivity index (χ0v) is 15.2. The minimum Gasteiger partial charge on any atom is -0.314 e. The molecular formula is C18H22N4O2S. The van der Waals surface area contributed by atoms with Crippen LogP contribution in [0.2, 0.25) is 0 Å². The van der Waals surface area contributed by atoms with Crippen molar-refractivity contribution in [3.05, 3.63) is 41.0 Å². The quantitative estimate of drug-likeness (QED) is 0.822. The van der Waals surface area contributed by atoms with Crippen LogP contribution in [0.25, 0.3) is 0 Å². The molecular weight excluding hydrogens is 336 g/mol. The monoisotopic (exact) mass is 358 g/mol. The Morgan fingerprint density at radius 3 is 2.76 bits per heavy atom. The van der Waals surface area contributed by atoms with Crippen molar-refractivity contribution in [1.82, 2.24) is 19.1 Å².